The second kappa shape index (κ2) is 5.64. The van der Waals surface area contributed by atoms with Crippen LogP contribution >= 0.6 is 11.6 Å². The molecule has 0 amide bonds. The second-order valence-electron chi connectivity index (χ2n) is 3.81. The van der Waals surface area contributed by atoms with E-state index in [2.05, 4.69) is 9.97 Å². The van der Waals surface area contributed by atoms with Crippen LogP contribution in [0.3, 0.4) is 0 Å². The van der Waals surface area contributed by atoms with Crippen LogP contribution in [0.4, 0.5) is 13.2 Å². The highest BCUT2D eigenvalue weighted by Gasteiger charge is 2.35. The Kier molecular flexibility index (Phi) is 4.10. The molecule has 4 nitrogen and oxygen atoms in total. The smallest absolute Gasteiger partial charge is 0.419 e. The molecule has 2 N–H and O–H groups in total. The number of nitrogens with zero attached hydrogens (tertiary/aromatic N) is 2. The summed E-state index contributed by atoms with van der Waals surface area (Å²) >= 11 is 5.75. The molecule has 0 fully saturated rings. The maximum absolute atomic E-state index is 13.0. The predicted molar refractivity (Wildman–Crippen MR) is 66.5 cm³/mol. The van der Waals surface area contributed by atoms with E-state index < -0.39 is 17.5 Å². The predicted octanol–water partition coefficient (Wildman–Crippen LogP) is 3.40. The summed E-state index contributed by atoms with van der Waals surface area (Å²) in [6.45, 7) is -0.00236. The third-order valence-corrected chi connectivity index (χ3v) is 2.68. The Hall–Kier alpha value is -1.86. The van der Waals surface area contributed by atoms with Gasteiger partial charge in [-0.15, -0.1) is 0 Å². The lowest BCUT2D eigenvalue weighted by molar-refractivity contribution is -0.138. The third-order valence-electron chi connectivity index (χ3n) is 2.43. The molecular weight excluding hydrogens is 295 g/mol. The average molecular weight is 304 g/mol. The van der Waals surface area contributed by atoms with E-state index in [1.54, 1.807) is 0 Å². The molecule has 2 rings (SSSR count). The van der Waals surface area contributed by atoms with Crippen LogP contribution in [0.15, 0.2) is 30.7 Å². The molecular formula is C12H9ClF3N3O. The maximum atomic E-state index is 13.0. The van der Waals surface area contributed by atoms with Crippen molar-refractivity contribution in [3.8, 4) is 11.6 Å². The zero-order valence-electron chi connectivity index (χ0n) is 9.99. The molecule has 0 aliphatic rings. The van der Waals surface area contributed by atoms with E-state index in [0.717, 1.165) is 12.4 Å². The lowest BCUT2D eigenvalue weighted by atomic mass is 10.1. The Morgan fingerprint density at radius 3 is 2.65 bits per heavy atom. The van der Waals surface area contributed by atoms with E-state index in [0.29, 0.717) is 5.56 Å². The van der Waals surface area contributed by atoms with Gasteiger partial charge in [0, 0.05) is 6.54 Å². The van der Waals surface area contributed by atoms with Crippen molar-refractivity contribution in [3.63, 3.8) is 0 Å². The van der Waals surface area contributed by atoms with Gasteiger partial charge in [-0.2, -0.15) is 13.2 Å². The van der Waals surface area contributed by atoms with Crippen LogP contribution in [-0.4, -0.2) is 9.97 Å². The van der Waals surface area contributed by atoms with Gasteiger partial charge in [-0.05, 0) is 17.7 Å². The highest BCUT2D eigenvalue weighted by Crippen LogP contribution is 2.39. The number of hydrogen-bond donors (Lipinski definition) is 1. The Labute approximate surface area is 117 Å². The highest BCUT2D eigenvalue weighted by atomic mass is 35.5. The van der Waals surface area contributed by atoms with Gasteiger partial charge in [-0.1, -0.05) is 17.7 Å². The van der Waals surface area contributed by atoms with Crippen molar-refractivity contribution < 1.29 is 17.9 Å². The highest BCUT2D eigenvalue weighted by molar-refractivity contribution is 6.31. The summed E-state index contributed by atoms with van der Waals surface area (Å²) in [4.78, 5) is 7.31. The van der Waals surface area contributed by atoms with Crippen LogP contribution in [0.25, 0.3) is 0 Å². The number of ether oxygens (including phenoxy) is 1. The van der Waals surface area contributed by atoms with Crippen molar-refractivity contribution in [1.29, 1.82) is 0 Å². The van der Waals surface area contributed by atoms with Gasteiger partial charge in [0.2, 0.25) is 5.88 Å². The van der Waals surface area contributed by atoms with Gasteiger partial charge >= 0.3 is 6.18 Å². The molecule has 0 saturated heterocycles. The largest absolute Gasteiger partial charge is 0.437 e. The fourth-order valence-corrected chi connectivity index (χ4v) is 1.64. The van der Waals surface area contributed by atoms with Gasteiger partial charge in [0.25, 0.3) is 0 Å². The molecule has 0 unspecified atom stereocenters. The average Bonchev–Trinajstić information content (AvgIpc) is 2.40. The van der Waals surface area contributed by atoms with E-state index >= 15 is 0 Å². The zero-order valence-corrected chi connectivity index (χ0v) is 10.7. The molecule has 0 aliphatic carbocycles. The molecule has 1 heterocycles. The number of alkyl halides is 3. The fraction of sp³-hybridized carbons (Fsp3) is 0.167. The molecule has 0 saturated carbocycles. The fourth-order valence-electron chi connectivity index (χ4n) is 1.50. The van der Waals surface area contributed by atoms with Gasteiger partial charge in [0.15, 0.2) is 0 Å². The van der Waals surface area contributed by atoms with Crippen LogP contribution in [0.5, 0.6) is 11.6 Å². The summed E-state index contributed by atoms with van der Waals surface area (Å²) in [6, 6.07) is 3.56. The first-order chi connectivity index (χ1) is 9.41. The molecule has 8 heteroatoms. The van der Waals surface area contributed by atoms with Gasteiger partial charge in [-0.3, -0.25) is 0 Å². The SMILES string of the molecule is NCc1ccc(Oc2ncncc2Cl)c(C(F)(F)F)c1. The van der Waals surface area contributed by atoms with E-state index in [1.165, 1.54) is 18.3 Å². The van der Waals surface area contributed by atoms with Crippen molar-refractivity contribution in [1.82, 2.24) is 9.97 Å². The number of nitrogens with two attached hydrogens (primary N) is 1. The van der Waals surface area contributed by atoms with Gasteiger partial charge in [-0.25, -0.2) is 9.97 Å². The summed E-state index contributed by atoms with van der Waals surface area (Å²) < 4.78 is 44.1. The quantitative estimate of drug-likeness (QED) is 0.944. The van der Waals surface area contributed by atoms with Crippen molar-refractivity contribution in [2.75, 3.05) is 0 Å². The number of halogens is 4. The molecule has 20 heavy (non-hydrogen) atoms. The first kappa shape index (κ1) is 14.5. The van der Waals surface area contributed by atoms with E-state index in [4.69, 9.17) is 22.1 Å². The van der Waals surface area contributed by atoms with Crippen LogP contribution in [-0.2, 0) is 12.7 Å². The summed E-state index contributed by atoms with van der Waals surface area (Å²) in [5.74, 6) is -0.539. The number of benzene rings is 1. The van der Waals surface area contributed by atoms with Crippen LogP contribution in [0.2, 0.25) is 5.02 Å². The molecule has 106 valence electrons. The molecule has 0 bridgehead atoms. The van der Waals surface area contributed by atoms with Gasteiger partial charge in [0.1, 0.15) is 17.1 Å². The number of hydrogen-bond acceptors (Lipinski definition) is 4. The standard InChI is InChI=1S/C12H9ClF3N3O/c13-9-5-18-6-19-11(9)20-10-2-1-7(4-17)3-8(10)12(14,15)16/h1-3,5-6H,4,17H2. The summed E-state index contributed by atoms with van der Waals surface area (Å²) in [5.41, 5.74) is 4.75. The first-order valence-corrected chi connectivity index (χ1v) is 5.83. The number of rotatable bonds is 3. The Bertz CT molecular complexity index is 619. The van der Waals surface area contributed by atoms with Crippen molar-refractivity contribution in [3.05, 3.63) is 46.9 Å². The van der Waals surface area contributed by atoms with E-state index in [-0.39, 0.29) is 17.4 Å². The molecule has 0 atom stereocenters. The van der Waals surface area contributed by atoms with Crippen LogP contribution < -0.4 is 10.5 Å². The summed E-state index contributed by atoms with van der Waals surface area (Å²) in [7, 11) is 0. The lowest BCUT2D eigenvalue weighted by Crippen LogP contribution is -2.09. The molecule has 2 aromatic rings. The number of aromatic nitrogens is 2. The van der Waals surface area contributed by atoms with Crippen molar-refractivity contribution in [2.24, 2.45) is 5.73 Å². The second-order valence-corrected chi connectivity index (χ2v) is 4.22. The Morgan fingerprint density at radius 2 is 2.05 bits per heavy atom. The molecule has 1 aromatic carbocycles. The monoisotopic (exact) mass is 303 g/mol. The molecule has 0 radical (unpaired) electrons. The Morgan fingerprint density at radius 1 is 1.30 bits per heavy atom. The minimum atomic E-state index is -4.57. The minimum Gasteiger partial charge on any atom is -0.437 e. The van der Waals surface area contributed by atoms with Crippen molar-refractivity contribution in [2.45, 2.75) is 12.7 Å². The lowest BCUT2D eigenvalue weighted by Gasteiger charge is -2.14. The van der Waals surface area contributed by atoms with Gasteiger partial charge < -0.3 is 10.5 Å². The third kappa shape index (κ3) is 3.17. The first-order valence-electron chi connectivity index (χ1n) is 5.45. The topological polar surface area (TPSA) is 61.0 Å². The van der Waals surface area contributed by atoms with E-state index in [9.17, 15) is 13.2 Å². The van der Waals surface area contributed by atoms with Gasteiger partial charge in [0.05, 0.1) is 11.8 Å². The Balaban J connectivity index is 2.44. The van der Waals surface area contributed by atoms with Crippen LogP contribution in [0.1, 0.15) is 11.1 Å². The maximum Gasteiger partial charge on any atom is 0.419 e. The van der Waals surface area contributed by atoms with Crippen LogP contribution in [0, 0.1) is 0 Å². The molecule has 0 aliphatic heterocycles. The van der Waals surface area contributed by atoms with Crippen molar-refractivity contribution >= 4 is 11.6 Å². The normalized spacial score (nSPS) is 11.4. The summed E-state index contributed by atoms with van der Waals surface area (Å²) in [5, 5.41) is 0.0172. The summed E-state index contributed by atoms with van der Waals surface area (Å²) in [6.07, 6.45) is -2.21. The molecule has 0 spiro atoms. The molecule has 1 aromatic heterocycles. The van der Waals surface area contributed by atoms with E-state index in [1.807, 2.05) is 0 Å². The minimum absolute atomic E-state index is 0.00236. The zero-order chi connectivity index (χ0) is 14.8.